The minimum atomic E-state index is -4.13. The van der Waals surface area contributed by atoms with Crippen molar-refractivity contribution in [3.8, 4) is 0 Å². The van der Waals surface area contributed by atoms with Gasteiger partial charge in [0.05, 0.1) is 10.6 Å². The standard InChI is InChI=1S/C30H35Cl2N3O4S/c1-5-22(4)33-30(37)27(6-2)34(19-23-16-17-24(31)18-26(23)32)29(36)20-35(28-15-11-10-12-21(28)3)40(38,39)25-13-8-7-9-14-25/h7-18,22,27H,5-6,19-20H2,1-4H3,(H,33,37)/t22-,27-/m1/s1. The highest BCUT2D eigenvalue weighted by Crippen LogP contribution is 2.28. The third kappa shape index (κ3) is 7.56. The molecule has 7 nitrogen and oxygen atoms in total. The number of carbonyl (C=O) groups is 2. The number of aryl methyl sites for hydroxylation is 1. The third-order valence-corrected chi connectivity index (χ3v) is 9.10. The van der Waals surface area contributed by atoms with E-state index in [1.165, 1.54) is 17.0 Å². The van der Waals surface area contributed by atoms with E-state index < -0.39 is 28.5 Å². The molecule has 0 saturated carbocycles. The van der Waals surface area contributed by atoms with E-state index in [4.69, 9.17) is 23.2 Å². The van der Waals surface area contributed by atoms with E-state index in [0.717, 1.165) is 10.7 Å². The molecule has 3 aromatic carbocycles. The fourth-order valence-electron chi connectivity index (χ4n) is 4.27. The minimum Gasteiger partial charge on any atom is -0.352 e. The number of benzene rings is 3. The maximum absolute atomic E-state index is 14.1. The van der Waals surface area contributed by atoms with E-state index in [0.29, 0.717) is 33.3 Å². The molecule has 2 atom stereocenters. The minimum absolute atomic E-state index is 0.00569. The first-order valence-corrected chi connectivity index (χ1v) is 15.4. The van der Waals surface area contributed by atoms with Gasteiger partial charge in [0.15, 0.2) is 0 Å². The molecule has 0 saturated heterocycles. The number of carbonyl (C=O) groups excluding carboxylic acids is 2. The molecule has 0 unspecified atom stereocenters. The lowest BCUT2D eigenvalue weighted by Gasteiger charge is -2.34. The van der Waals surface area contributed by atoms with Gasteiger partial charge in [0.25, 0.3) is 10.0 Å². The first-order valence-electron chi connectivity index (χ1n) is 13.2. The van der Waals surface area contributed by atoms with Crippen molar-refractivity contribution >= 4 is 50.7 Å². The summed E-state index contributed by atoms with van der Waals surface area (Å²) in [6.07, 6.45) is 1.03. The predicted octanol–water partition coefficient (Wildman–Crippen LogP) is 6.22. The Hall–Kier alpha value is -3.07. The normalized spacial score (nSPS) is 12.8. The van der Waals surface area contributed by atoms with Crippen molar-refractivity contribution in [2.45, 2.75) is 64.1 Å². The maximum Gasteiger partial charge on any atom is 0.264 e. The van der Waals surface area contributed by atoms with E-state index in [9.17, 15) is 18.0 Å². The number of sulfonamides is 1. The topological polar surface area (TPSA) is 86.8 Å². The van der Waals surface area contributed by atoms with Crippen LogP contribution < -0.4 is 9.62 Å². The second-order valence-electron chi connectivity index (χ2n) is 9.61. The van der Waals surface area contributed by atoms with Crippen LogP contribution in [-0.4, -0.2) is 43.8 Å². The molecule has 214 valence electrons. The molecule has 1 N–H and O–H groups in total. The van der Waals surface area contributed by atoms with Crippen LogP contribution in [0.15, 0.2) is 77.7 Å². The van der Waals surface area contributed by atoms with Crippen LogP contribution in [-0.2, 0) is 26.2 Å². The van der Waals surface area contributed by atoms with E-state index in [1.807, 2.05) is 20.8 Å². The first-order chi connectivity index (χ1) is 19.0. The van der Waals surface area contributed by atoms with E-state index in [2.05, 4.69) is 5.32 Å². The zero-order valence-electron chi connectivity index (χ0n) is 23.1. The van der Waals surface area contributed by atoms with E-state index >= 15 is 0 Å². The molecule has 3 aromatic rings. The highest BCUT2D eigenvalue weighted by atomic mass is 35.5. The van der Waals surface area contributed by atoms with Crippen LogP contribution in [0.1, 0.15) is 44.7 Å². The fraction of sp³-hybridized carbons (Fsp3) is 0.333. The van der Waals surface area contributed by atoms with Gasteiger partial charge in [-0.1, -0.05) is 79.5 Å². The lowest BCUT2D eigenvalue weighted by molar-refractivity contribution is -0.140. The number of hydrogen-bond acceptors (Lipinski definition) is 4. The predicted molar refractivity (Wildman–Crippen MR) is 161 cm³/mol. The number of amides is 2. The summed E-state index contributed by atoms with van der Waals surface area (Å²) >= 11 is 12.5. The molecule has 0 bridgehead atoms. The van der Waals surface area contributed by atoms with Crippen LogP contribution in [0.5, 0.6) is 0 Å². The van der Waals surface area contributed by atoms with E-state index in [1.54, 1.807) is 67.6 Å². The van der Waals surface area contributed by atoms with Crippen LogP contribution in [0, 0.1) is 6.92 Å². The first kappa shape index (κ1) is 31.5. The quantitative estimate of drug-likeness (QED) is 0.266. The van der Waals surface area contributed by atoms with Gasteiger partial charge in [-0.15, -0.1) is 0 Å². The number of nitrogens with one attached hydrogen (secondary N) is 1. The van der Waals surface area contributed by atoms with Crippen LogP contribution in [0.3, 0.4) is 0 Å². The Balaban J connectivity index is 2.08. The van der Waals surface area contributed by atoms with Gasteiger partial charge in [-0.3, -0.25) is 13.9 Å². The number of halogens is 2. The molecule has 40 heavy (non-hydrogen) atoms. The summed E-state index contributed by atoms with van der Waals surface area (Å²) in [5, 5.41) is 3.74. The van der Waals surface area contributed by atoms with Crippen LogP contribution in [0.25, 0.3) is 0 Å². The van der Waals surface area contributed by atoms with Gasteiger partial charge < -0.3 is 10.2 Å². The fourth-order valence-corrected chi connectivity index (χ4v) is 6.24. The van der Waals surface area contributed by atoms with Crippen LogP contribution >= 0.6 is 23.2 Å². The molecule has 0 aliphatic carbocycles. The van der Waals surface area contributed by atoms with E-state index in [-0.39, 0.29) is 23.4 Å². The molecule has 2 amide bonds. The molecular weight excluding hydrogens is 569 g/mol. The molecule has 0 aromatic heterocycles. The Kier molecular flexibility index (Phi) is 11.0. The number of hydrogen-bond donors (Lipinski definition) is 1. The summed E-state index contributed by atoms with van der Waals surface area (Å²) in [6.45, 7) is 6.92. The molecule has 0 spiro atoms. The monoisotopic (exact) mass is 603 g/mol. The summed E-state index contributed by atoms with van der Waals surface area (Å²) < 4.78 is 28.9. The third-order valence-electron chi connectivity index (χ3n) is 6.74. The molecule has 3 rings (SSSR count). The number of anilines is 1. The van der Waals surface area contributed by atoms with Crippen molar-refractivity contribution in [1.29, 1.82) is 0 Å². The van der Waals surface area contributed by atoms with Crippen molar-refractivity contribution < 1.29 is 18.0 Å². The van der Waals surface area contributed by atoms with Crippen molar-refractivity contribution in [2.24, 2.45) is 0 Å². The zero-order chi connectivity index (χ0) is 29.4. The molecule has 0 fully saturated rings. The molecule has 0 heterocycles. The lowest BCUT2D eigenvalue weighted by Crippen LogP contribution is -2.53. The van der Waals surface area contributed by atoms with Crippen molar-refractivity contribution in [3.63, 3.8) is 0 Å². The van der Waals surface area contributed by atoms with Gasteiger partial charge >= 0.3 is 0 Å². The average molecular weight is 605 g/mol. The second kappa shape index (κ2) is 14.0. The Bertz CT molecular complexity index is 1430. The Morgan fingerprint density at radius 1 is 0.925 bits per heavy atom. The molecule has 0 aliphatic heterocycles. The van der Waals surface area contributed by atoms with Crippen molar-refractivity contribution in [2.75, 3.05) is 10.8 Å². The highest BCUT2D eigenvalue weighted by Gasteiger charge is 2.34. The largest absolute Gasteiger partial charge is 0.352 e. The van der Waals surface area contributed by atoms with Crippen molar-refractivity contribution in [1.82, 2.24) is 10.2 Å². The summed E-state index contributed by atoms with van der Waals surface area (Å²) in [6, 6.07) is 18.9. The van der Waals surface area contributed by atoms with Gasteiger partial charge in [0.2, 0.25) is 11.8 Å². The molecular formula is C30H35Cl2N3O4S. The maximum atomic E-state index is 14.1. The summed E-state index contributed by atoms with van der Waals surface area (Å²) in [7, 11) is -4.13. The molecule has 10 heteroatoms. The van der Waals surface area contributed by atoms with Gasteiger partial charge in [-0.05, 0) is 68.1 Å². The second-order valence-corrected chi connectivity index (χ2v) is 12.3. The zero-order valence-corrected chi connectivity index (χ0v) is 25.4. The Morgan fingerprint density at radius 3 is 2.17 bits per heavy atom. The number of nitrogens with zero attached hydrogens (tertiary/aromatic N) is 2. The lowest BCUT2D eigenvalue weighted by atomic mass is 10.1. The van der Waals surface area contributed by atoms with Crippen LogP contribution in [0.2, 0.25) is 10.0 Å². The molecule has 0 radical (unpaired) electrons. The highest BCUT2D eigenvalue weighted by molar-refractivity contribution is 7.92. The number of rotatable bonds is 12. The van der Waals surface area contributed by atoms with Crippen LogP contribution in [0.4, 0.5) is 5.69 Å². The Labute approximate surface area is 247 Å². The summed E-state index contributed by atoms with van der Waals surface area (Å²) in [5.74, 6) is -0.858. The smallest absolute Gasteiger partial charge is 0.264 e. The Morgan fingerprint density at radius 2 is 1.57 bits per heavy atom. The van der Waals surface area contributed by atoms with Gasteiger partial charge in [-0.2, -0.15) is 0 Å². The van der Waals surface area contributed by atoms with Gasteiger partial charge in [-0.25, -0.2) is 8.42 Å². The SMILES string of the molecule is CC[C@@H](C)NC(=O)[C@@H](CC)N(Cc1ccc(Cl)cc1Cl)C(=O)CN(c1ccccc1C)S(=O)(=O)c1ccccc1. The van der Waals surface area contributed by atoms with Gasteiger partial charge in [0, 0.05) is 22.6 Å². The average Bonchev–Trinajstić information content (AvgIpc) is 2.93. The molecule has 0 aliphatic rings. The van der Waals surface area contributed by atoms with Crippen molar-refractivity contribution in [3.05, 3.63) is 94.0 Å². The summed E-state index contributed by atoms with van der Waals surface area (Å²) in [5.41, 5.74) is 1.65. The summed E-state index contributed by atoms with van der Waals surface area (Å²) in [4.78, 5) is 28.9. The number of para-hydroxylation sites is 1. The van der Waals surface area contributed by atoms with Gasteiger partial charge in [0.1, 0.15) is 12.6 Å².